The third kappa shape index (κ3) is 7.96. The van der Waals surface area contributed by atoms with Crippen LogP contribution in [-0.2, 0) is 11.3 Å². The van der Waals surface area contributed by atoms with Gasteiger partial charge in [0, 0.05) is 39.3 Å². The number of piperazine rings is 1. The quantitative estimate of drug-likeness (QED) is 0.623. The zero-order valence-electron chi connectivity index (χ0n) is 17.0. The summed E-state index contributed by atoms with van der Waals surface area (Å²) in [7, 11) is 0. The van der Waals surface area contributed by atoms with E-state index in [-0.39, 0.29) is 12.0 Å². The fraction of sp³-hybridized carbons (Fsp3) is 0.789. The number of aromatic nitrogens is 1. The SMILES string of the molecule is CC(C)CNC(=O)c1coc(CN2CCN(CC(O)COC(C)C)CC2)n1. The Labute approximate surface area is 161 Å². The van der Waals surface area contributed by atoms with Crippen LogP contribution in [0.5, 0.6) is 0 Å². The maximum absolute atomic E-state index is 12.0. The number of nitrogens with one attached hydrogen (secondary N) is 1. The molecule has 1 saturated heterocycles. The van der Waals surface area contributed by atoms with E-state index in [1.54, 1.807) is 0 Å². The first-order valence-electron chi connectivity index (χ1n) is 9.80. The topological polar surface area (TPSA) is 91.1 Å². The lowest BCUT2D eigenvalue weighted by Crippen LogP contribution is -2.48. The van der Waals surface area contributed by atoms with E-state index in [1.165, 1.54) is 6.26 Å². The van der Waals surface area contributed by atoms with Crippen LogP contribution in [0.25, 0.3) is 0 Å². The second-order valence-electron chi connectivity index (χ2n) is 7.84. The van der Waals surface area contributed by atoms with Gasteiger partial charge >= 0.3 is 0 Å². The zero-order chi connectivity index (χ0) is 19.8. The van der Waals surface area contributed by atoms with E-state index in [9.17, 15) is 9.90 Å². The zero-order valence-corrected chi connectivity index (χ0v) is 17.0. The molecule has 0 bridgehead atoms. The molecule has 1 aliphatic heterocycles. The van der Waals surface area contributed by atoms with Gasteiger partial charge < -0.3 is 19.6 Å². The molecule has 1 aliphatic rings. The highest BCUT2D eigenvalue weighted by molar-refractivity contribution is 5.91. The van der Waals surface area contributed by atoms with E-state index in [4.69, 9.17) is 9.15 Å². The number of β-amino-alcohol motifs (C(OH)–C–C–N with tert-alkyl or cyclic N) is 1. The summed E-state index contributed by atoms with van der Waals surface area (Å²) in [5.41, 5.74) is 0.331. The monoisotopic (exact) mass is 382 g/mol. The summed E-state index contributed by atoms with van der Waals surface area (Å²) in [6.07, 6.45) is 1.10. The van der Waals surface area contributed by atoms with E-state index < -0.39 is 6.10 Å². The van der Waals surface area contributed by atoms with Crippen molar-refractivity contribution >= 4 is 5.91 Å². The van der Waals surface area contributed by atoms with Crippen LogP contribution in [0.4, 0.5) is 0 Å². The van der Waals surface area contributed by atoms with Crippen LogP contribution >= 0.6 is 0 Å². The average Bonchev–Trinajstić information content (AvgIpc) is 3.08. The highest BCUT2D eigenvalue weighted by atomic mass is 16.5. The number of rotatable bonds is 10. The largest absolute Gasteiger partial charge is 0.447 e. The molecule has 2 heterocycles. The maximum Gasteiger partial charge on any atom is 0.273 e. The smallest absolute Gasteiger partial charge is 0.273 e. The van der Waals surface area contributed by atoms with Gasteiger partial charge in [0.15, 0.2) is 5.69 Å². The molecule has 2 N–H and O–H groups in total. The summed E-state index contributed by atoms with van der Waals surface area (Å²) in [6.45, 7) is 13.7. The molecule has 8 nitrogen and oxygen atoms in total. The standard InChI is InChI=1S/C19H34N4O4/c1-14(2)9-20-19(25)17-13-27-18(21-17)11-23-7-5-22(6-8-23)10-16(24)12-26-15(3)4/h13-16,24H,5-12H2,1-4H3,(H,20,25). The molecule has 8 heteroatoms. The van der Waals surface area contributed by atoms with E-state index in [0.29, 0.717) is 43.7 Å². The van der Waals surface area contributed by atoms with Crippen molar-refractivity contribution in [2.45, 2.75) is 46.4 Å². The number of carbonyl (C=O) groups is 1. The van der Waals surface area contributed by atoms with Gasteiger partial charge in [-0.1, -0.05) is 13.8 Å². The van der Waals surface area contributed by atoms with Gasteiger partial charge in [-0.15, -0.1) is 0 Å². The summed E-state index contributed by atoms with van der Waals surface area (Å²) in [4.78, 5) is 20.8. The lowest BCUT2D eigenvalue weighted by molar-refractivity contribution is -0.0151. The van der Waals surface area contributed by atoms with Crippen molar-refractivity contribution in [3.63, 3.8) is 0 Å². The molecule has 1 aromatic heterocycles. The van der Waals surface area contributed by atoms with Gasteiger partial charge in [0.1, 0.15) is 6.26 Å². The molecule has 0 radical (unpaired) electrons. The first-order valence-corrected chi connectivity index (χ1v) is 9.80. The van der Waals surface area contributed by atoms with E-state index in [1.807, 2.05) is 27.7 Å². The summed E-state index contributed by atoms with van der Waals surface area (Å²) >= 11 is 0. The molecule has 0 spiro atoms. The average molecular weight is 383 g/mol. The first-order chi connectivity index (χ1) is 12.8. The molecule has 2 rings (SSSR count). The van der Waals surface area contributed by atoms with Crippen LogP contribution in [0.2, 0.25) is 0 Å². The summed E-state index contributed by atoms with van der Waals surface area (Å²) in [5.74, 6) is 0.761. The van der Waals surface area contributed by atoms with Crippen molar-refractivity contribution in [3.05, 3.63) is 17.8 Å². The van der Waals surface area contributed by atoms with Crippen LogP contribution < -0.4 is 5.32 Å². The van der Waals surface area contributed by atoms with E-state index in [0.717, 1.165) is 26.2 Å². The molecule has 1 amide bonds. The van der Waals surface area contributed by atoms with Crippen molar-refractivity contribution in [3.8, 4) is 0 Å². The van der Waals surface area contributed by atoms with Gasteiger partial charge in [0.25, 0.3) is 5.91 Å². The number of ether oxygens (including phenoxy) is 1. The molecule has 1 atom stereocenters. The molecule has 1 unspecified atom stereocenters. The van der Waals surface area contributed by atoms with E-state index >= 15 is 0 Å². The van der Waals surface area contributed by atoms with Gasteiger partial charge in [-0.2, -0.15) is 0 Å². The van der Waals surface area contributed by atoms with Crippen LogP contribution in [0.1, 0.15) is 44.1 Å². The lowest BCUT2D eigenvalue weighted by atomic mass is 10.2. The number of oxazole rings is 1. The maximum atomic E-state index is 12.0. The molecule has 154 valence electrons. The predicted octanol–water partition coefficient (Wildman–Crippen LogP) is 0.964. The number of nitrogens with zero attached hydrogens (tertiary/aromatic N) is 3. The Morgan fingerprint density at radius 2 is 1.93 bits per heavy atom. The minimum absolute atomic E-state index is 0.134. The number of hydrogen-bond donors (Lipinski definition) is 2. The van der Waals surface area contributed by atoms with Gasteiger partial charge in [-0.25, -0.2) is 4.98 Å². The Bertz CT molecular complexity index is 568. The summed E-state index contributed by atoms with van der Waals surface area (Å²) in [6, 6.07) is 0. The minimum atomic E-state index is -0.461. The fourth-order valence-electron chi connectivity index (χ4n) is 2.85. The van der Waals surface area contributed by atoms with Gasteiger partial charge in [-0.05, 0) is 19.8 Å². The predicted molar refractivity (Wildman–Crippen MR) is 102 cm³/mol. The minimum Gasteiger partial charge on any atom is -0.447 e. The Hall–Kier alpha value is -1.48. The highest BCUT2D eigenvalue weighted by Crippen LogP contribution is 2.10. The Kier molecular flexibility index (Phi) is 8.69. The Morgan fingerprint density at radius 3 is 2.56 bits per heavy atom. The van der Waals surface area contributed by atoms with Crippen molar-refractivity contribution in [1.82, 2.24) is 20.1 Å². The lowest BCUT2D eigenvalue weighted by Gasteiger charge is -2.35. The molecule has 27 heavy (non-hydrogen) atoms. The summed E-state index contributed by atoms with van der Waals surface area (Å²) in [5, 5.41) is 12.9. The fourth-order valence-corrected chi connectivity index (χ4v) is 2.85. The number of carbonyl (C=O) groups excluding carboxylic acids is 1. The molecule has 0 aromatic carbocycles. The number of aliphatic hydroxyl groups is 1. The second-order valence-corrected chi connectivity index (χ2v) is 7.84. The van der Waals surface area contributed by atoms with Crippen LogP contribution in [0.3, 0.4) is 0 Å². The third-order valence-corrected chi connectivity index (χ3v) is 4.37. The molecule has 1 fully saturated rings. The van der Waals surface area contributed by atoms with Crippen molar-refractivity contribution in [2.24, 2.45) is 5.92 Å². The normalized spacial score (nSPS) is 17.6. The third-order valence-electron chi connectivity index (χ3n) is 4.37. The molecular formula is C19H34N4O4. The first kappa shape index (κ1) is 21.8. The number of aliphatic hydroxyl groups excluding tert-OH is 1. The van der Waals surface area contributed by atoms with Gasteiger partial charge in [0.2, 0.25) is 5.89 Å². The van der Waals surface area contributed by atoms with Crippen molar-refractivity contribution in [1.29, 1.82) is 0 Å². The molecule has 1 aromatic rings. The Morgan fingerprint density at radius 1 is 1.26 bits per heavy atom. The highest BCUT2D eigenvalue weighted by Gasteiger charge is 2.21. The van der Waals surface area contributed by atoms with Crippen LogP contribution in [-0.4, -0.2) is 83.9 Å². The van der Waals surface area contributed by atoms with Gasteiger partial charge in [-0.3, -0.25) is 14.6 Å². The van der Waals surface area contributed by atoms with Gasteiger partial charge in [0.05, 0.1) is 25.4 Å². The number of amides is 1. The van der Waals surface area contributed by atoms with Crippen LogP contribution in [0, 0.1) is 5.92 Å². The molecule has 0 aliphatic carbocycles. The van der Waals surface area contributed by atoms with E-state index in [2.05, 4.69) is 20.1 Å². The Balaban J connectivity index is 1.70. The molecule has 0 saturated carbocycles. The second kappa shape index (κ2) is 10.8. The molecular weight excluding hydrogens is 348 g/mol. The van der Waals surface area contributed by atoms with Crippen molar-refractivity contribution in [2.75, 3.05) is 45.9 Å². The van der Waals surface area contributed by atoms with Crippen LogP contribution in [0.15, 0.2) is 10.7 Å². The number of hydrogen-bond acceptors (Lipinski definition) is 7. The summed E-state index contributed by atoms with van der Waals surface area (Å²) < 4.78 is 10.9. The van der Waals surface area contributed by atoms with Crippen molar-refractivity contribution < 1.29 is 19.1 Å².